The van der Waals surface area contributed by atoms with E-state index in [9.17, 15) is 0 Å². The lowest BCUT2D eigenvalue weighted by atomic mass is 10.1. The van der Waals surface area contributed by atoms with Gasteiger partial charge in [0.05, 0.1) is 5.39 Å². The lowest BCUT2D eigenvalue weighted by Gasteiger charge is -2.03. The molecule has 0 bridgehead atoms. The molecule has 0 fully saturated rings. The van der Waals surface area contributed by atoms with E-state index in [1.807, 2.05) is 18.2 Å². The van der Waals surface area contributed by atoms with Gasteiger partial charge in [-0.25, -0.2) is 19.3 Å². The number of imidazole rings is 1. The van der Waals surface area contributed by atoms with E-state index in [4.69, 9.17) is 4.98 Å². The van der Waals surface area contributed by atoms with Gasteiger partial charge < -0.3 is 4.98 Å². The zero-order chi connectivity index (χ0) is 20.8. The van der Waals surface area contributed by atoms with Gasteiger partial charge in [0.15, 0.2) is 17.1 Å². The van der Waals surface area contributed by atoms with Crippen LogP contribution in [0.1, 0.15) is 0 Å². The molecule has 0 radical (unpaired) electrons. The van der Waals surface area contributed by atoms with Crippen LogP contribution in [0.4, 0.5) is 4.39 Å². The van der Waals surface area contributed by atoms with Crippen LogP contribution in [-0.4, -0.2) is 40.1 Å². The number of nitrogens with zero attached hydrogens (tertiary/aromatic N) is 6. The highest BCUT2D eigenvalue weighted by Gasteiger charge is 2.21. The average molecular weight is 408 g/mol. The molecule has 6 rings (SSSR count). The summed E-state index contributed by atoms with van der Waals surface area (Å²) in [5.74, 6) is -0.0381. The van der Waals surface area contributed by atoms with Crippen molar-refractivity contribution in [3.05, 3.63) is 73.3 Å². The lowest BCUT2D eigenvalue weighted by Crippen LogP contribution is -1.91. The molecule has 0 saturated heterocycles. The SMILES string of the molecule is Fc1c(-c2cccnc2)cnc2[nH]nc(-c3nc4c(-c5ccncc5)ccnc4[nH]3)c12. The van der Waals surface area contributed by atoms with Crippen LogP contribution in [0.5, 0.6) is 0 Å². The van der Waals surface area contributed by atoms with Crippen molar-refractivity contribution in [3.8, 4) is 33.8 Å². The molecule has 6 aromatic rings. The predicted octanol–water partition coefficient (Wildman–Crippen LogP) is 4.16. The number of hydrogen-bond acceptors (Lipinski definition) is 6. The molecular weight excluding hydrogens is 395 g/mol. The van der Waals surface area contributed by atoms with E-state index in [0.717, 1.165) is 11.1 Å². The summed E-state index contributed by atoms with van der Waals surface area (Å²) in [5.41, 5.74) is 4.74. The number of aromatic amines is 2. The van der Waals surface area contributed by atoms with Gasteiger partial charge in [-0.2, -0.15) is 5.10 Å². The summed E-state index contributed by atoms with van der Waals surface area (Å²) in [5, 5.41) is 7.33. The third kappa shape index (κ3) is 2.75. The first kappa shape index (κ1) is 17.3. The van der Waals surface area contributed by atoms with Gasteiger partial charge in [0, 0.05) is 53.9 Å². The molecule has 31 heavy (non-hydrogen) atoms. The first-order valence-corrected chi connectivity index (χ1v) is 9.48. The largest absolute Gasteiger partial charge is 0.321 e. The van der Waals surface area contributed by atoms with E-state index in [-0.39, 0.29) is 5.39 Å². The fourth-order valence-electron chi connectivity index (χ4n) is 3.64. The van der Waals surface area contributed by atoms with Gasteiger partial charge >= 0.3 is 0 Å². The Labute approximate surface area is 174 Å². The van der Waals surface area contributed by atoms with Crippen LogP contribution in [0.2, 0.25) is 0 Å². The highest BCUT2D eigenvalue weighted by Crippen LogP contribution is 2.33. The number of aromatic nitrogens is 8. The fraction of sp³-hybridized carbons (Fsp3) is 0. The Bertz CT molecular complexity index is 1540. The molecule has 0 amide bonds. The van der Waals surface area contributed by atoms with Gasteiger partial charge in [-0.15, -0.1) is 0 Å². The quantitative estimate of drug-likeness (QED) is 0.455. The van der Waals surface area contributed by atoms with Crippen LogP contribution in [-0.2, 0) is 0 Å². The van der Waals surface area contributed by atoms with Crippen molar-refractivity contribution in [2.24, 2.45) is 0 Å². The Morgan fingerprint density at radius 3 is 2.52 bits per heavy atom. The Morgan fingerprint density at radius 2 is 1.68 bits per heavy atom. The van der Waals surface area contributed by atoms with Crippen LogP contribution in [0, 0.1) is 5.82 Å². The van der Waals surface area contributed by atoms with Crippen LogP contribution in [0.15, 0.2) is 67.5 Å². The number of hydrogen-bond donors (Lipinski definition) is 2. The average Bonchev–Trinajstić information content (AvgIpc) is 3.45. The van der Waals surface area contributed by atoms with Crippen molar-refractivity contribution in [1.82, 2.24) is 40.1 Å². The van der Waals surface area contributed by atoms with Gasteiger partial charge in [0.2, 0.25) is 0 Å². The zero-order valence-corrected chi connectivity index (χ0v) is 15.9. The monoisotopic (exact) mass is 408 g/mol. The molecule has 9 heteroatoms. The van der Waals surface area contributed by atoms with E-state index in [0.29, 0.717) is 39.5 Å². The maximum atomic E-state index is 15.5. The van der Waals surface area contributed by atoms with Gasteiger partial charge in [0.1, 0.15) is 17.0 Å². The minimum absolute atomic E-state index is 0.255. The highest BCUT2D eigenvalue weighted by atomic mass is 19.1. The predicted molar refractivity (Wildman–Crippen MR) is 113 cm³/mol. The van der Waals surface area contributed by atoms with Crippen LogP contribution in [0.25, 0.3) is 56.0 Å². The molecule has 0 aliphatic carbocycles. The second-order valence-corrected chi connectivity index (χ2v) is 6.90. The second-order valence-electron chi connectivity index (χ2n) is 6.90. The third-order valence-electron chi connectivity index (χ3n) is 5.10. The number of H-pyrrole nitrogens is 2. The molecule has 0 unspecified atom stereocenters. The highest BCUT2D eigenvalue weighted by molar-refractivity contribution is 5.96. The van der Waals surface area contributed by atoms with Crippen molar-refractivity contribution in [2.75, 3.05) is 0 Å². The molecule has 2 N–H and O–H groups in total. The number of pyridine rings is 4. The molecule has 0 aliphatic rings. The van der Waals surface area contributed by atoms with Crippen molar-refractivity contribution in [1.29, 1.82) is 0 Å². The first-order chi connectivity index (χ1) is 15.3. The smallest absolute Gasteiger partial charge is 0.161 e. The Balaban J connectivity index is 1.56. The summed E-state index contributed by atoms with van der Waals surface area (Å²) in [6.07, 6.45) is 9.84. The first-order valence-electron chi connectivity index (χ1n) is 9.48. The minimum Gasteiger partial charge on any atom is -0.321 e. The molecule has 0 atom stereocenters. The summed E-state index contributed by atoms with van der Waals surface area (Å²) in [6.45, 7) is 0. The van der Waals surface area contributed by atoms with E-state index in [2.05, 4.69) is 35.1 Å². The second kappa shape index (κ2) is 6.77. The zero-order valence-electron chi connectivity index (χ0n) is 15.9. The molecule has 148 valence electrons. The van der Waals surface area contributed by atoms with Crippen LogP contribution >= 0.6 is 0 Å². The number of fused-ring (bicyclic) bond motifs is 2. The summed E-state index contributed by atoms with van der Waals surface area (Å²) < 4.78 is 15.5. The van der Waals surface area contributed by atoms with E-state index in [1.54, 1.807) is 43.1 Å². The van der Waals surface area contributed by atoms with Crippen molar-refractivity contribution in [3.63, 3.8) is 0 Å². The number of nitrogens with one attached hydrogen (secondary N) is 2. The topological polar surface area (TPSA) is 109 Å². The lowest BCUT2D eigenvalue weighted by molar-refractivity contribution is 0.642. The Morgan fingerprint density at radius 1 is 0.774 bits per heavy atom. The van der Waals surface area contributed by atoms with Gasteiger partial charge in [-0.3, -0.25) is 15.1 Å². The van der Waals surface area contributed by atoms with E-state index in [1.165, 1.54) is 6.20 Å². The van der Waals surface area contributed by atoms with E-state index >= 15 is 4.39 Å². The van der Waals surface area contributed by atoms with Crippen molar-refractivity contribution in [2.45, 2.75) is 0 Å². The Hall–Kier alpha value is -4.53. The standard InChI is InChI=1S/C22H13FN8/c23-17-15(13-2-1-6-25-10-13)11-27-20-16(17)19(30-31-20)22-28-18-14(5-9-26-21(18)29-22)12-3-7-24-8-4-12/h1-11H,(H,26,28,29)(H,27,30,31). The summed E-state index contributed by atoms with van der Waals surface area (Å²) in [4.78, 5) is 24.7. The van der Waals surface area contributed by atoms with Gasteiger partial charge in [-0.05, 0) is 29.8 Å². The van der Waals surface area contributed by atoms with Gasteiger partial charge in [0.25, 0.3) is 0 Å². The summed E-state index contributed by atoms with van der Waals surface area (Å²) in [6, 6.07) is 9.22. The molecule has 0 aliphatic heterocycles. The number of rotatable bonds is 3. The van der Waals surface area contributed by atoms with Crippen LogP contribution < -0.4 is 0 Å². The minimum atomic E-state index is -0.440. The normalized spacial score (nSPS) is 11.4. The Kier molecular flexibility index (Phi) is 3.79. The molecule has 0 aromatic carbocycles. The van der Waals surface area contributed by atoms with E-state index < -0.39 is 5.82 Å². The summed E-state index contributed by atoms with van der Waals surface area (Å²) in [7, 11) is 0. The molecular formula is C22H13FN8. The van der Waals surface area contributed by atoms with Gasteiger partial charge in [-0.1, -0.05) is 6.07 Å². The molecule has 6 heterocycles. The van der Waals surface area contributed by atoms with Crippen LogP contribution in [0.3, 0.4) is 0 Å². The maximum Gasteiger partial charge on any atom is 0.161 e. The molecule has 6 aromatic heterocycles. The number of halogens is 1. The molecule has 0 saturated carbocycles. The summed E-state index contributed by atoms with van der Waals surface area (Å²) >= 11 is 0. The van der Waals surface area contributed by atoms with Crippen molar-refractivity contribution < 1.29 is 4.39 Å². The third-order valence-corrected chi connectivity index (χ3v) is 5.10. The molecule has 0 spiro atoms. The maximum absolute atomic E-state index is 15.5. The molecule has 8 nitrogen and oxygen atoms in total. The van der Waals surface area contributed by atoms with Crippen molar-refractivity contribution >= 4 is 22.2 Å². The fourth-order valence-corrected chi connectivity index (χ4v) is 3.64.